The Morgan fingerprint density at radius 1 is 1.11 bits per heavy atom. The third kappa shape index (κ3) is 1.44. The van der Waals surface area contributed by atoms with Crippen LogP contribution in [0.2, 0.25) is 0 Å². The standard InChI is InChI=1S/C15H11FO2/c1-8-2-4-10-11-5-3-9(16)7-13(11)14(15(17)18)12(10)6-8/h2-7,14H,1H3,(H,17,18). The van der Waals surface area contributed by atoms with Crippen molar-refractivity contribution < 1.29 is 14.3 Å². The molecule has 2 aromatic rings. The van der Waals surface area contributed by atoms with Gasteiger partial charge in [0.2, 0.25) is 0 Å². The second-order valence-electron chi connectivity index (χ2n) is 4.59. The second-order valence-corrected chi connectivity index (χ2v) is 4.59. The molecule has 0 fully saturated rings. The van der Waals surface area contributed by atoms with E-state index in [9.17, 15) is 14.3 Å². The molecule has 3 rings (SSSR count). The Labute approximate surface area is 104 Å². The first-order chi connectivity index (χ1) is 8.58. The molecule has 1 atom stereocenters. The topological polar surface area (TPSA) is 37.3 Å². The van der Waals surface area contributed by atoms with Gasteiger partial charge in [-0.2, -0.15) is 0 Å². The Bertz CT molecular complexity index is 610. The van der Waals surface area contributed by atoms with Gasteiger partial charge in [0.15, 0.2) is 0 Å². The van der Waals surface area contributed by atoms with Crippen LogP contribution in [0.1, 0.15) is 22.6 Å². The third-order valence-corrected chi connectivity index (χ3v) is 3.38. The van der Waals surface area contributed by atoms with Gasteiger partial charge in [0.05, 0.1) is 0 Å². The zero-order valence-electron chi connectivity index (χ0n) is 9.77. The number of carbonyl (C=O) groups is 1. The van der Waals surface area contributed by atoms with Crippen molar-refractivity contribution in [2.45, 2.75) is 12.8 Å². The van der Waals surface area contributed by atoms with Gasteiger partial charge < -0.3 is 5.11 Å². The van der Waals surface area contributed by atoms with Gasteiger partial charge in [0.1, 0.15) is 11.7 Å². The van der Waals surface area contributed by atoms with Crippen LogP contribution in [0.3, 0.4) is 0 Å². The van der Waals surface area contributed by atoms with Gasteiger partial charge in [-0.3, -0.25) is 4.79 Å². The Kier molecular flexibility index (Phi) is 2.23. The molecule has 0 radical (unpaired) electrons. The summed E-state index contributed by atoms with van der Waals surface area (Å²) in [6.07, 6.45) is 0. The van der Waals surface area contributed by atoms with Crippen molar-refractivity contribution in [1.82, 2.24) is 0 Å². The first-order valence-electron chi connectivity index (χ1n) is 5.71. The molecule has 2 aromatic carbocycles. The van der Waals surface area contributed by atoms with Crippen molar-refractivity contribution >= 4 is 5.97 Å². The van der Waals surface area contributed by atoms with Crippen LogP contribution in [0.4, 0.5) is 4.39 Å². The summed E-state index contributed by atoms with van der Waals surface area (Å²) in [5.74, 6) is -2.10. The minimum absolute atomic E-state index is 0.399. The van der Waals surface area contributed by atoms with Crippen LogP contribution in [-0.2, 0) is 4.79 Å². The van der Waals surface area contributed by atoms with E-state index in [1.54, 1.807) is 6.07 Å². The maximum absolute atomic E-state index is 13.3. The van der Waals surface area contributed by atoms with E-state index >= 15 is 0 Å². The largest absolute Gasteiger partial charge is 0.481 e. The molecule has 1 unspecified atom stereocenters. The Morgan fingerprint density at radius 2 is 1.72 bits per heavy atom. The Balaban J connectivity index is 2.33. The van der Waals surface area contributed by atoms with Crippen LogP contribution >= 0.6 is 0 Å². The number of aryl methyl sites for hydroxylation is 1. The second kappa shape index (κ2) is 3.67. The van der Waals surface area contributed by atoms with Gasteiger partial charge in [-0.15, -0.1) is 0 Å². The van der Waals surface area contributed by atoms with Crippen LogP contribution in [-0.4, -0.2) is 11.1 Å². The number of benzene rings is 2. The molecule has 0 saturated carbocycles. The fraction of sp³-hybridized carbons (Fsp3) is 0.133. The van der Waals surface area contributed by atoms with Gasteiger partial charge in [-0.1, -0.05) is 29.8 Å². The number of fused-ring (bicyclic) bond motifs is 3. The first-order valence-corrected chi connectivity index (χ1v) is 5.71. The molecular weight excluding hydrogens is 231 g/mol. The summed E-state index contributed by atoms with van der Waals surface area (Å²) in [5, 5.41) is 9.37. The highest BCUT2D eigenvalue weighted by Crippen LogP contribution is 2.45. The number of rotatable bonds is 1. The monoisotopic (exact) mass is 242 g/mol. The van der Waals surface area contributed by atoms with Gasteiger partial charge in [-0.05, 0) is 41.3 Å². The zero-order chi connectivity index (χ0) is 12.9. The van der Waals surface area contributed by atoms with Crippen molar-refractivity contribution in [2.75, 3.05) is 0 Å². The molecule has 0 heterocycles. The normalized spacial score (nSPS) is 16.2. The van der Waals surface area contributed by atoms with Crippen LogP contribution in [0, 0.1) is 12.7 Å². The van der Waals surface area contributed by atoms with E-state index in [4.69, 9.17) is 0 Å². The van der Waals surface area contributed by atoms with E-state index in [2.05, 4.69) is 0 Å². The molecule has 0 aliphatic heterocycles. The number of carboxylic acids is 1. The highest BCUT2D eigenvalue weighted by Gasteiger charge is 2.34. The van der Waals surface area contributed by atoms with E-state index in [-0.39, 0.29) is 0 Å². The van der Waals surface area contributed by atoms with Crippen molar-refractivity contribution in [1.29, 1.82) is 0 Å². The summed E-state index contributed by atoms with van der Waals surface area (Å²) in [6.45, 7) is 1.92. The molecule has 0 aromatic heterocycles. The summed E-state index contributed by atoms with van der Waals surface area (Å²) in [6, 6.07) is 10.1. The van der Waals surface area contributed by atoms with Crippen LogP contribution in [0.25, 0.3) is 11.1 Å². The molecule has 1 aliphatic carbocycles. The number of hydrogen-bond donors (Lipinski definition) is 1. The molecule has 0 spiro atoms. The third-order valence-electron chi connectivity index (χ3n) is 3.38. The van der Waals surface area contributed by atoms with E-state index in [0.29, 0.717) is 5.56 Å². The summed E-state index contributed by atoms with van der Waals surface area (Å²) >= 11 is 0. The molecule has 18 heavy (non-hydrogen) atoms. The quantitative estimate of drug-likeness (QED) is 0.832. The van der Waals surface area contributed by atoms with Crippen LogP contribution in [0.15, 0.2) is 36.4 Å². The van der Waals surface area contributed by atoms with Gasteiger partial charge in [0.25, 0.3) is 0 Å². The highest BCUT2D eigenvalue weighted by atomic mass is 19.1. The molecule has 2 nitrogen and oxygen atoms in total. The maximum Gasteiger partial charge on any atom is 0.315 e. The average molecular weight is 242 g/mol. The lowest BCUT2D eigenvalue weighted by Crippen LogP contribution is -2.10. The number of carboxylic acid groups (broad SMARTS) is 1. The van der Waals surface area contributed by atoms with Crippen molar-refractivity contribution in [3.63, 3.8) is 0 Å². The molecule has 3 heteroatoms. The smallest absolute Gasteiger partial charge is 0.315 e. The van der Waals surface area contributed by atoms with Crippen LogP contribution in [0.5, 0.6) is 0 Å². The summed E-state index contributed by atoms with van der Waals surface area (Å²) in [7, 11) is 0. The van der Waals surface area contributed by atoms with E-state index in [1.165, 1.54) is 12.1 Å². The molecule has 1 N–H and O–H groups in total. The maximum atomic E-state index is 13.3. The van der Waals surface area contributed by atoms with Crippen molar-refractivity contribution in [3.05, 3.63) is 58.9 Å². The SMILES string of the molecule is Cc1ccc2c(c1)C(C(=O)O)c1cc(F)ccc1-2. The van der Waals surface area contributed by atoms with E-state index in [0.717, 1.165) is 22.3 Å². The van der Waals surface area contributed by atoms with Gasteiger partial charge in [-0.25, -0.2) is 4.39 Å². The summed E-state index contributed by atoms with van der Waals surface area (Å²) in [4.78, 5) is 11.4. The summed E-state index contributed by atoms with van der Waals surface area (Å²) in [5.41, 5.74) is 4.02. The predicted octanol–water partition coefficient (Wildman–Crippen LogP) is 3.33. The lowest BCUT2D eigenvalue weighted by Gasteiger charge is -2.08. The van der Waals surface area contributed by atoms with Gasteiger partial charge >= 0.3 is 5.97 Å². The first kappa shape index (κ1) is 11.0. The van der Waals surface area contributed by atoms with Gasteiger partial charge in [0, 0.05) is 0 Å². The summed E-state index contributed by atoms with van der Waals surface area (Å²) < 4.78 is 13.3. The predicted molar refractivity (Wildman–Crippen MR) is 66.1 cm³/mol. The lowest BCUT2D eigenvalue weighted by molar-refractivity contribution is -0.137. The minimum atomic E-state index is -0.939. The molecule has 0 amide bonds. The van der Waals surface area contributed by atoms with Crippen molar-refractivity contribution in [3.8, 4) is 11.1 Å². The Morgan fingerprint density at radius 3 is 2.39 bits per heavy atom. The average Bonchev–Trinajstić information content (AvgIpc) is 2.60. The molecule has 90 valence electrons. The van der Waals surface area contributed by atoms with Crippen molar-refractivity contribution in [2.24, 2.45) is 0 Å². The molecule has 0 bridgehead atoms. The number of aliphatic carboxylic acids is 1. The van der Waals surface area contributed by atoms with E-state index < -0.39 is 17.7 Å². The number of hydrogen-bond acceptors (Lipinski definition) is 1. The molecule has 1 aliphatic rings. The minimum Gasteiger partial charge on any atom is -0.481 e. The Hall–Kier alpha value is -2.16. The fourth-order valence-corrected chi connectivity index (χ4v) is 2.62. The highest BCUT2D eigenvalue weighted by molar-refractivity contribution is 5.92. The number of halogens is 1. The van der Waals surface area contributed by atoms with Crippen LogP contribution < -0.4 is 0 Å². The molecule has 0 saturated heterocycles. The van der Waals surface area contributed by atoms with E-state index in [1.807, 2.05) is 25.1 Å². The molecular formula is C15H11FO2. The zero-order valence-corrected chi connectivity index (χ0v) is 9.77. The lowest BCUT2D eigenvalue weighted by atomic mass is 9.96. The fourth-order valence-electron chi connectivity index (χ4n) is 2.62.